The van der Waals surface area contributed by atoms with Crippen molar-refractivity contribution in [1.29, 1.82) is 0 Å². The van der Waals surface area contributed by atoms with Crippen LogP contribution in [0.4, 0.5) is 10.5 Å². The Labute approximate surface area is 345 Å². The Morgan fingerprint density at radius 2 is 1.59 bits per heavy atom. The molecular weight excluding hydrogens is 759 g/mol. The third-order valence-electron chi connectivity index (χ3n) is 11.1. The first kappa shape index (κ1) is 43.6. The molecule has 14 nitrogen and oxygen atoms in total. The van der Waals surface area contributed by atoms with Crippen molar-refractivity contribution in [2.75, 3.05) is 45.2 Å². The number of carbonyl (C=O) groups excluding carboxylic acids is 3. The first-order valence-corrected chi connectivity index (χ1v) is 20.4. The number of fused-ring (bicyclic) bond motifs is 3. The van der Waals surface area contributed by atoms with Crippen molar-refractivity contribution < 1.29 is 57.9 Å². The van der Waals surface area contributed by atoms with E-state index in [4.69, 9.17) is 23.7 Å². The summed E-state index contributed by atoms with van der Waals surface area (Å²) in [5.74, 6) is -1.01. The van der Waals surface area contributed by atoms with Gasteiger partial charge in [-0.05, 0) is 80.5 Å². The minimum absolute atomic E-state index is 0.0569. The molecule has 2 heterocycles. The molecular formula is C45H58N3O11+. The number of rotatable bonds is 15. The van der Waals surface area contributed by atoms with Crippen LogP contribution in [-0.2, 0) is 35.1 Å². The third kappa shape index (κ3) is 10.4. The van der Waals surface area contributed by atoms with Crippen LogP contribution in [-0.4, -0.2) is 120 Å². The van der Waals surface area contributed by atoms with E-state index in [0.29, 0.717) is 42.6 Å². The van der Waals surface area contributed by atoms with Crippen LogP contribution < -0.4 is 15.4 Å². The van der Waals surface area contributed by atoms with Gasteiger partial charge in [0.1, 0.15) is 49.4 Å². The Bertz CT molecular complexity index is 1920. The van der Waals surface area contributed by atoms with Crippen molar-refractivity contribution in [2.45, 2.75) is 101 Å². The number of nitrogens with one attached hydrogen (secondary N) is 2. The van der Waals surface area contributed by atoms with Crippen LogP contribution in [0.3, 0.4) is 0 Å². The SMILES string of the molecule is C=CCOC(=O)[C@H]1O[C@@H](Oc2ccc(C[N+]3(C)CCCC[C@@H]3C(=O)OC(C)(C)C)cc2NCCCNC(=O)OCC2c3ccccc3-c3ccccc32)[C@H](O)[C@@H](O)[C@@H]1O. The first-order chi connectivity index (χ1) is 28.2. The lowest BCUT2D eigenvalue weighted by Gasteiger charge is -2.44. The summed E-state index contributed by atoms with van der Waals surface area (Å²) in [6.45, 7) is 11.1. The number of carbonyl (C=O) groups is 3. The Morgan fingerprint density at radius 1 is 0.898 bits per heavy atom. The van der Waals surface area contributed by atoms with Gasteiger partial charge in [-0.25, -0.2) is 14.4 Å². The average Bonchev–Trinajstić information content (AvgIpc) is 3.52. The van der Waals surface area contributed by atoms with Gasteiger partial charge in [-0.1, -0.05) is 61.2 Å². The second-order valence-corrected chi connectivity index (χ2v) is 16.7. The van der Waals surface area contributed by atoms with Gasteiger partial charge in [-0.15, -0.1) is 0 Å². The molecule has 0 radical (unpaired) electrons. The van der Waals surface area contributed by atoms with Crippen molar-refractivity contribution in [1.82, 2.24) is 5.32 Å². The molecule has 1 aliphatic carbocycles. The predicted molar refractivity (Wildman–Crippen MR) is 219 cm³/mol. The highest BCUT2D eigenvalue weighted by Crippen LogP contribution is 2.44. The quantitative estimate of drug-likeness (QED) is 0.0466. The molecule has 59 heavy (non-hydrogen) atoms. The summed E-state index contributed by atoms with van der Waals surface area (Å²) in [5, 5.41) is 38.2. The molecule has 14 heteroatoms. The van der Waals surface area contributed by atoms with Crippen LogP contribution in [0.15, 0.2) is 79.4 Å². The number of likely N-dealkylation sites (tertiary alicyclic amines) is 1. The van der Waals surface area contributed by atoms with Gasteiger partial charge in [0.2, 0.25) is 6.29 Å². The van der Waals surface area contributed by atoms with E-state index >= 15 is 0 Å². The molecule has 318 valence electrons. The smallest absolute Gasteiger partial charge is 0.407 e. The number of aliphatic hydroxyl groups excluding tert-OH is 3. The Morgan fingerprint density at radius 3 is 2.27 bits per heavy atom. The number of likely N-dealkylation sites (N-methyl/N-ethyl adjacent to an activating group) is 1. The van der Waals surface area contributed by atoms with Crippen molar-refractivity contribution in [2.24, 2.45) is 0 Å². The minimum Gasteiger partial charge on any atom is -0.460 e. The molecule has 2 saturated heterocycles. The largest absolute Gasteiger partial charge is 0.460 e. The highest BCUT2D eigenvalue weighted by Gasteiger charge is 2.49. The van der Waals surface area contributed by atoms with Gasteiger partial charge in [0.15, 0.2) is 12.1 Å². The van der Waals surface area contributed by atoms with Gasteiger partial charge in [0, 0.05) is 31.0 Å². The van der Waals surface area contributed by atoms with Crippen LogP contribution in [0.1, 0.15) is 69.1 Å². The number of hydrogen-bond acceptors (Lipinski definition) is 12. The van der Waals surface area contributed by atoms with E-state index in [1.807, 2.05) is 57.2 Å². The molecule has 0 saturated carbocycles. The summed E-state index contributed by atoms with van der Waals surface area (Å²) < 4.78 is 28.8. The van der Waals surface area contributed by atoms with Gasteiger partial charge < -0.3 is 54.1 Å². The Kier molecular flexibility index (Phi) is 14.0. The number of piperidine rings is 1. The molecule has 1 unspecified atom stereocenters. The summed E-state index contributed by atoms with van der Waals surface area (Å²) in [6.07, 6.45) is -4.54. The zero-order chi connectivity index (χ0) is 42.3. The molecule has 5 N–H and O–H groups in total. The van der Waals surface area contributed by atoms with E-state index < -0.39 is 48.4 Å². The van der Waals surface area contributed by atoms with E-state index in [0.717, 1.165) is 47.2 Å². The summed E-state index contributed by atoms with van der Waals surface area (Å²) in [6, 6.07) is 21.4. The van der Waals surface area contributed by atoms with Crippen molar-refractivity contribution in [3.05, 3.63) is 96.1 Å². The lowest BCUT2D eigenvalue weighted by Crippen LogP contribution is -2.61. The maximum Gasteiger partial charge on any atom is 0.407 e. The van der Waals surface area contributed by atoms with E-state index in [1.54, 1.807) is 6.07 Å². The summed E-state index contributed by atoms with van der Waals surface area (Å²) >= 11 is 0. The summed E-state index contributed by atoms with van der Waals surface area (Å²) in [5.41, 5.74) is 5.32. The highest BCUT2D eigenvalue weighted by molar-refractivity contribution is 5.79. The average molecular weight is 817 g/mol. The number of aliphatic hydroxyl groups is 3. The normalized spacial score (nSPS) is 25.2. The van der Waals surface area contributed by atoms with Crippen LogP contribution in [0.2, 0.25) is 0 Å². The van der Waals surface area contributed by atoms with Gasteiger partial charge in [-0.2, -0.15) is 0 Å². The number of ether oxygens (including phenoxy) is 5. The highest BCUT2D eigenvalue weighted by atomic mass is 16.7. The third-order valence-corrected chi connectivity index (χ3v) is 11.1. The van der Waals surface area contributed by atoms with Gasteiger partial charge >= 0.3 is 18.0 Å². The van der Waals surface area contributed by atoms with Crippen molar-refractivity contribution >= 4 is 23.7 Å². The number of anilines is 1. The van der Waals surface area contributed by atoms with E-state index in [1.165, 1.54) is 6.08 Å². The number of quaternary nitrogens is 1. The fourth-order valence-corrected chi connectivity index (χ4v) is 8.18. The summed E-state index contributed by atoms with van der Waals surface area (Å²) in [4.78, 5) is 38.9. The molecule has 6 rings (SSSR count). The number of benzene rings is 3. The van der Waals surface area contributed by atoms with E-state index in [-0.39, 0.29) is 36.9 Å². The first-order valence-electron chi connectivity index (χ1n) is 20.4. The minimum atomic E-state index is -1.77. The molecule has 3 aliphatic rings. The van der Waals surface area contributed by atoms with Crippen LogP contribution in [0.5, 0.6) is 5.75 Å². The maximum absolute atomic E-state index is 13.4. The van der Waals surface area contributed by atoms with Crippen molar-refractivity contribution in [3.8, 4) is 16.9 Å². The number of alkyl carbamates (subject to hydrolysis) is 1. The molecule has 0 bridgehead atoms. The van der Waals surface area contributed by atoms with E-state index in [2.05, 4.69) is 48.5 Å². The van der Waals surface area contributed by atoms with Gasteiger partial charge in [0.25, 0.3) is 0 Å². The fraction of sp³-hybridized carbons (Fsp3) is 0.489. The number of nitrogens with zero attached hydrogens (tertiary/aromatic N) is 1. The van der Waals surface area contributed by atoms with Gasteiger partial charge in [0.05, 0.1) is 19.3 Å². The predicted octanol–water partition coefficient (Wildman–Crippen LogP) is 4.78. The zero-order valence-corrected chi connectivity index (χ0v) is 34.3. The second-order valence-electron chi connectivity index (χ2n) is 16.7. The zero-order valence-electron chi connectivity index (χ0n) is 34.3. The molecule has 2 fully saturated rings. The molecule has 3 aromatic rings. The molecule has 3 aromatic carbocycles. The number of esters is 2. The van der Waals surface area contributed by atoms with Crippen molar-refractivity contribution in [3.63, 3.8) is 0 Å². The molecule has 7 atom stereocenters. The second kappa shape index (κ2) is 18.9. The lowest BCUT2D eigenvalue weighted by atomic mass is 9.97. The lowest BCUT2D eigenvalue weighted by molar-refractivity contribution is -0.942. The Hall–Kier alpha value is -4.99. The molecule has 0 spiro atoms. The number of amides is 1. The fourth-order valence-electron chi connectivity index (χ4n) is 8.18. The topological polar surface area (TPSA) is 182 Å². The monoisotopic (exact) mass is 816 g/mol. The molecule has 1 amide bonds. The Balaban J connectivity index is 1.13. The van der Waals surface area contributed by atoms with Crippen LogP contribution in [0, 0.1) is 0 Å². The van der Waals surface area contributed by atoms with Gasteiger partial charge in [-0.3, -0.25) is 0 Å². The number of hydrogen-bond donors (Lipinski definition) is 5. The standard InChI is InChI=1S/C45H57N3O11/c1-6-24-55-42(53)40-38(50)37(49)39(51)43(58-40)57-36-20-19-28(26-48(5)23-12-11-18-35(48)41(52)59-45(2,3)4)25-34(36)46-21-13-22-47-44(54)56-27-33-31-16-9-7-14-29(31)30-15-8-10-17-32(30)33/h6-10,14-17,19-20,25,33,35,37-40,43,46,49-51H,1,11-13,18,21-24,26-27H2,2-5H3/p+1/t35-,37+,38+,39-,40+,43-,48?/m1/s1. The van der Waals surface area contributed by atoms with Crippen LogP contribution in [0.25, 0.3) is 11.1 Å². The molecule has 2 aliphatic heterocycles. The maximum atomic E-state index is 13.4. The van der Waals surface area contributed by atoms with Crippen LogP contribution >= 0.6 is 0 Å². The molecule has 0 aromatic heterocycles. The van der Waals surface area contributed by atoms with E-state index in [9.17, 15) is 29.7 Å². The summed E-state index contributed by atoms with van der Waals surface area (Å²) in [7, 11) is 2.06.